The van der Waals surface area contributed by atoms with Crippen molar-refractivity contribution in [3.05, 3.63) is 66.1 Å². The summed E-state index contributed by atoms with van der Waals surface area (Å²) < 4.78 is 46.6. The minimum Gasteiger partial charge on any atom is -0.382 e. The zero-order chi connectivity index (χ0) is 30.8. The van der Waals surface area contributed by atoms with Crippen LogP contribution in [0.4, 0.5) is 30.8 Å². The first-order valence-electron chi connectivity index (χ1n) is 14.4. The Balaban J connectivity index is 1.21. The summed E-state index contributed by atoms with van der Waals surface area (Å²) in [4.78, 5) is 40.8. The number of aromatic nitrogens is 4. The van der Waals surface area contributed by atoms with Gasteiger partial charge in [0, 0.05) is 56.0 Å². The molecule has 5 heterocycles. The predicted molar refractivity (Wildman–Crippen MR) is 157 cm³/mol. The first-order valence-corrected chi connectivity index (χ1v) is 14.4. The number of carbonyl (C=O) groups is 2. The molecule has 44 heavy (non-hydrogen) atoms. The van der Waals surface area contributed by atoms with Crippen molar-refractivity contribution >= 4 is 34.9 Å². The van der Waals surface area contributed by atoms with Gasteiger partial charge >= 0.3 is 6.18 Å². The zero-order valence-electron chi connectivity index (χ0n) is 23.7. The molecule has 0 spiro atoms. The number of amides is 2. The molecule has 0 saturated carbocycles. The second-order valence-corrected chi connectivity index (χ2v) is 10.9. The minimum atomic E-state index is -4.56. The quantitative estimate of drug-likeness (QED) is 0.284. The summed E-state index contributed by atoms with van der Waals surface area (Å²) in [6.07, 6.45) is 3.41. The number of anilines is 3. The molecule has 0 radical (unpaired) electrons. The number of nitrogen functional groups attached to an aromatic ring is 1. The van der Waals surface area contributed by atoms with Crippen molar-refractivity contribution in [2.75, 3.05) is 42.2 Å². The second-order valence-electron chi connectivity index (χ2n) is 10.9. The Morgan fingerprint density at radius 3 is 2.64 bits per heavy atom. The lowest BCUT2D eigenvalue weighted by atomic mass is 9.97. The van der Waals surface area contributed by atoms with E-state index in [1.807, 2.05) is 4.40 Å². The van der Waals surface area contributed by atoms with Crippen LogP contribution in [-0.2, 0) is 15.7 Å². The third kappa shape index (κ3) is 6.16. The van der Waals surface area contributed by atoms with Crippen molar-refractivity contribution < 1.29 is 27.5 Å². The van der Waals surface area contributed by atoms with E-state index in [4.69, 9.17) is 15.5 Å². The van der Waals surface area contributed by atoms with Crippen LogP contribution < -0.4 is 21.3 Å². The summed E-state index contributed by atoms with van der Waals surface area (Å²) in [6, 6.07) is 8.07. The van der Waals surface area contributed by atoms with Gasteiger partial charge in [-0.15, -0.1) is 0 Å². The van der Waals surface area contributed by atoms with Crippen molar-refractivity contribution in [3.8, 4) is 11.3 Å². The maximum atomic E-state index is 13.0. The van der Waals surface area contributed by atoms with Gasteiger partial charge in [0.2, 0.25) is 11.9 Å². The molecular weight excluding hydrogens is 577 g/mol. The molecule has 2 aliphatic heterocycles. The van der Waals surface area contributed by atoms with Crippen LogP contribution in [0, 0.1) is 5.92 Å². The first kappa shape index (κ1) is 29.4. The summed E-state index contributed by atoms with van der Waals surface area (Å²) >= 11 is 0. The van der Waals surface area contributed by atoms with Crippen LogP contribution in [0.2, 0.25) is 0 Å². The highest BCUT2D eigenvalue weighted by Gasteiger charge is 2.32. The molecule has 2 aliphatic rings. The van der Waals surface area contributed by atoms with E-state index in [9.17, 15) is 22.8 Å². The molecule has 14 heteroatoms. The smallest absolute Gasteiger partial charge is 0.382 e. The Labute approximate surface area is 250 Å². The van der Waals surface area contributed by atoms with E-state index < -0.39 is 17.6 Å². The number of benzene rings is 1. The number of halogens is 3. The van der Waals surface area contributed by atoms with Crippen molar-refractivity contribution in [1.29, 1.82) is 0 Å². The molecule has 230 valence electrons. The molecule has 0 aliphatic carbocycles. The number of piperidine rings is 1. The molecule has 2 atom stereocenters. The maximum Gasteiger partial charge on any atom is 0.416 e. The van der Waals surface area contributed by atoms with Crippen molar-refractivity contribution in [2.45, 2.75) is 38.0 Å². The molecule has 2 saturated heterocycles. The zero-order valence-corrected chi connectivity index (χ0v) is 23.7. The number of hydrogen-bond donors (Lipinski definition) is 3. The van der Waals surface area contributed by atoms with Gasteiger partial charge in [-0.05, 0) is 49.9 Å². The van der Waals surface area contributed by atoms with Crippen LogP contribution in [0.5, 0.6) is 0 Å². The number of nitrogens with zero attached hydrogens (tertiary/aromatic N) is 5. The standard InChI is InChI=1S/C30H31F3N8O3/c31-30(32,33)21-9-10-35-23(15-21)38-28(43)19-7-5-18(6-8-19)24-25-26(34)36-11-13-41(25)29(39-24)40-12-1-3-20(17-40)27(42)37-16-22-4-2-14-44-22/h5-11,13,15,20,22H,1-4,12,14,16-17H2,(H2,34,36)(H,37,42)(H,35,38,43). The maximum absolute atomic E-state index is 13.0. The molecular formula is C30H31F3N8O3. The number of nitrogens with two attached hydrogens (primary N) is 1. The summed E-state index contributed by atoms with van der Waals surface area (Å²) in [6.45, 7) is 2.44. The van der Waals surface area contributed by atoms with E-state index in [-0.39, 0.29) is 35.1 Å². The van der Waals surface area contributed by atoms with Gasteiger partial charge in [0.1, 0.15) is 22.8 Å². The third-order valence-electron chi connectivity index (χ3n) is 7.92. The minimum absolute atomic E-state index is 0.00154. The largest absolute Gasteiger partial charge is 0.416 e. The Morgan fingerprint density at radius 1 is 1.07 bits per heavy atom. The van der Waals surface area contributed by atoms with E-state index in [1.165, 1.54) is 0 Å². The fraction of sp³-hybridized carbons (Fsp3) is 0.367. The Kier molecular flexibility index (Phi) is 8.08. The van der Waals surface area contributed by atoms with Gasteiger partial charge in [-0.3, -0.25) is 14.0 Å². The summed E-state index contributed by atoms with van der Waals surface area (Å²) in [5.74, 6) is -0.138. The van der Waals surface area contributed by atoms with Crippen LogP contribution in [0.1, 0.15) is 41.6 Å². The van der Waals surface area contributed by atoms with Gasteiger partial charge in [-0.25, -0.2) is 15.0 Å². The average Bonchev–Trinajstić information content (AvgIpc) is 3.69. The molecule has 4 N–H and O–H groups in total. The number of pyridine rings is 1. The molecule has 2 amide bonds. The topological polar surface area (TPSA) is 140 Å². The van der Waals surface area contributed by atoms with Crippen molar-refractivity contribution in [3.63, 3.8) is 0 Å². The van der Waals surface area contributed by atoms with E-state index in [1.54, 1.807) is 36.7 Å². The van der Waals surface area contributed by atoms with E-state index in [0.29, 0.717) is 42.4 Å². The predicted octanol–water partition coefficient (Wildman–Crippen LogP) is 4.16. The highest BCUT2D eigenvalue weighted by Crippen LogP contribution is 2.34. The highest BCUT2D eigenvalue weighted by atomic mass is 19.4. The number of hydrogen-bond acceptors (Lipinski definition) is 8. The van der Waals surface area contributed by atoms with E-state index in [0.717, 1.165) is 50.6 Å². The Bertz CT molecular complexity index is 1670. The average molecular weight is 609 g/mol. The summed E-state index contributed by atoms with van der Waals surface area (Å²) in [5.41, 5.74) is 7.39. The number of carbonyl (C=O) groups excluding carboxylic acids is 2. The molecule has 3 aromatic heterocycles. The molecule has 6 rings (SSSR count). The second kappa shape index (κ2) is 12.1. The van der Waals surface area contributed by atoms with Crippen LogP contribution in [0.3, 0.4) is 0 Å². The van der Waals surface area contributed by atoms with Gasteiger partial charge < -0.3 is 26.0 Å². The summed E-state index contributed by atoms with van der Waals surface area (Å²) in [5, 5.41) is 5.46. The number of imidazole rings is 1. The number of rotatable bonds is 7. The van der Waals surface area contributed by atoms with Crippen LogP contribution in [-0.4, -0.2) is 63.5 Å². The van der Waals surface area contributed by atoms with Gasteiger partial charge in [-0.1, -0.05) is 12.1 Å². The molecule has 11 nitrogen and oxygen atoms in total. The van der Waals surface area contributed by atoms with Gasteiger partial charge in [-0.2, -0.15) is 13.2 Å². The molecule has 2 unspecified atom stereocenters. The van der Waals surface area contributed by atoms with Crippen LogP contribution in [0.15, 0.2) is 55.0 Å². The lowest BCUT2D eigenvalue weighted by Crippen LogP contribution is -2.45. The number of alkyl halides is 3. The summed E-state index contributed by atoms with van der Waals surface area (Å²) in [7, 11) is 0. The van der Waals surface area contributed by atoms with E-state index in [2.05, 4.69) is 25.5 Å². The Morgan fingerprint density at radius 2 is 1.89 bits per heavy atom. The fourth-order valence-electron chi connectivity index (χ4n) is 5.65. The molecule has 1 aromatic carbocycles. The number of ether oxygens (including phenoxy) is 1. The number of fused-ring (bicyclic) bond motifs is 1. The van der Waals surface area contributed by atoms with Crippen molar-refractivity contribution in [1.82, 2.24) is 24.7 Å². The highest BCUT2D eigenvalue weighted by molar-refractivity contribution is 6.04. The molecule has 2 fully saturated rings. The third-order valence-corrected chi connectivity index (χ3v) is 7.92. The van der Waals surface area contributed by atoms with E-state index >= 15 is 0 Å². The molecule has 4 aromatic rings. The Hall–Kier alpha value is -4.72. The SMILES string of the molecule is Nc1nccn2c(N3CCCC(C(=O)NCC4CCCO4)C3)nc(-c3ccc(C(=O)Nc4cc(C(F)(F)F)ccn4)cc3)c12. The normalized spacial score (nSPS) is 18.8. The first-order chi connectivity index (χ1) is 21.2. The lowest BCUT2D eigenvalue weighted by Gasteiger charge is -2.32. The van der Waals surface area contributed by atoms with Crippen molar-refractivity contribution in [2.24, 2.45) is 5.92 Å². The fourth-order valence-corrected chi connectivity index (χ4v) is 5.65. The number of nitrogens with one attached hydrogen (secondary N) is 2. The van der Waals surface area contributed by atoms with Gasteiger partial charge in [0.15, 0.2) is 0 Å². The monoisotopic (exact) mass is 608 g/mol. The van der Waals surface area contributed by atoms with Gasteiger partial charge in [0.05, 0.1) is 17.6 Å². The van der Waals surface area contributed by atoms with Crippen LogP contribution >= 0.6 is 0 Å². The van der Waals surface area contributed by atoms with Crippen LogP contribution in [0.25, 0.3) is 16.8 Å². The lowest BCUT2D eigenvalue weighted by molar-refractivity contribution is -0.137. The van der Waals surface area contributed by atoms with Gasteiger partial charge in [0.25, 0.3) is 5.91 Å². The molecule has 0 bridgehead atoms.